The molecule has 0 saturated carbocycles. The summed E-state index contributed by atoms with van der Waals surface area (Å²) in [7, 11) is 3.21. The maximum atomic E-state index is 10.7. The molecule has 6 aromatic rings. The molecule has 2 aliphatic rings. The Hall–Kier alpha value is -7.30. The summed E-state index contributed by atoms with van der Waals surface area (Å²) in [5, 5.41) is 42.7. The molecule has 0 saturated heterocycles. The second-order valence-electron chi connectivity index (χ2n) is 13.1. The van der Waals surface area contributed by atoms with E-state index in [1.54, 1.807) is 50.6 Å². The zero-order valence-corrected chi connectivity index (χ0v) is 31.0. The average Bonchev–Trinajstić information content (AvgIpc) is 3.24. The molecule has 2 N–H and O–H groups in total. The molecule has 0 bridgehead atoms. The highest BCUT2D eigenvalue weighted by molar-refractivity contribution is 5.47. The Balaban J connectivity index is 0.000000177. The number of methoxy groups -OCH3 is 2. The van der Waals surface area contributed by atoms with Crippen molar-refractivity contribution in [2.75, 3.05) is 14.2 Å². The molecule has 8 rings (SSSR count). The maximum Gasteiger partial charge on any atom is 0.287 e. The van der Waals surface area contributed by atoms with Gasteiger partial charge in [-0.3, -0.25) is 20.2 Å². The normalized spacial score (nSPS) is 17.7. The van der Waals surface area contributed by atoms with E-state index in [0.29, 0.717) is 47.0 Å². The van der Waals surface area contributed by atoms with Crippen LogP contribution in [0.4, 0.5) is 11.4 Å². The van der Waals surface area contributed by atoms with Crippen molar-refractivity contribution in [3.05, 3.63) is 164 Å². The lowest BCUT2D eigenvalue weighted by molar-refractivity contribution is -0.385. The van der Waals surface area contributed by atoms with Crippen LogP contribution in [0.2, 0.25) is 0 Å². The highest BCUT2D eigenvalue weighted by atomic mass is 16.6. The first-order valence-electron chi connectivity index (χ1n) is 17.9. The van der Waals surface area contributed by atoms with Gasteiger partial charge < -0.3 is 38.6 Å². The number of ether oxygens (including phenoxy) is 6. The molecular weight excluding hydrogens is 752 g/mol. The van der Waals surface area contributed by atoms with Gasteiger partial charge in [0.05, 0.1) is 36.3 Å². The predicted molar refractivity (Wildman–Crippen MR) is 207 cm³/mol. The number of aliphatic hydroxyl groups is 2. The van der Waals surface area contributed by atoms with Crippen LogP contribution < -0.4 is 28.4 Å². The predicted octanol–water partition coefficient (Wildman–Crippen LogP) is 8.70. The van der Waals surface area contributed by atoms with Gasteiger partial charge in [-0.2, -0.15) is 0 Å². The minimum absolute atomic E-state index is 0.116. The van der Waals surface area contributed by atoms with Crippen LogP contribution in [0, 0.1) is 20.2 Å². The zero-order chi connectivity index (χ0) is 40.8. The molecule has 4 aromatic carbocycles. The molecule has 16 heteroatoms. The Morgan fingerprint density at radius 3 is 1.38 bits per heavy atom. The summed E-state index contributed by atoms with van der Waals surface area (Å²) in [6, 6.07) is 30.8. The molecule has 0 radical (unpaired) electrons. The first-order chi connectivity index (χ1) is 28.1. The molecule has 0 aliphatic carbocycles. The molecule has 58 heavy (non-hydrogen) atoms. The molecule has 0 fully saturated rings. The number of aromatic nitrogens is 2. The van der Waals surface area contributed by atoms with Crippen molar-refractivity contribution in [3.8, 4) is 46.3 Å². The van der Waals surface area contributed by atoms with Crippen molar-refractivity contribution in [2.45, 2.75) is 37.3 Å². The number of hydrogen-bond acceptors (Lipinski definition) is 14. The van der Waals surface area contributed by atoms with Gasteiger partial charge in [-0.1, -0.05) is 24.3 Å². The molecule has 0 spiro atoms. The van der Waals surface area contributed by atoms with Crippen molar-refractivity contribution < 1.29 is 48.5 Å². The summed E-state index contributed by atoms with van der Waals surface area (Å²) in [6.07, 6.45) is 0.978. The molecule has 2 aliphatic heterocycles. The van der Waals surface area contributed by atoms with Gasteiger partial charge in [-0.15, -0.1) is 0 Å². The van der Waals surface area contributed by atoms with Crippen LogP contribution in [0.15, 0.2) is 122 Å². The van der Waals surface area contributed by atoms with Crippen LogP contribution >= 0.6 is 0 Å². The van der Waals surface area contributed by atoms with Gasteiger partial charge in [0, 0.05) is 48.2 Å². The van der Waals surface area contributed by atoms with Gasteiger partial charge in [0.1, 0.15) is 59.1 Å². The summed E-state index contributed by atoms with van der Waals surface area (Å²) < 4.78 is 34.0. The first kappa shape index (κ1) is 39.0. The summed E-state index contributed by atoms with van der Waals surface area (Å²) >= 11 is 0. The molecule has 296 valence electrons. The van der Waals surface area contributed by atoms with E-state index in [1.807, 2.05) is 48.5 Å². The largest absolute Gasteiger partial charge is 0.497 e. The van der Waals surface area contributed by atoms with E-state index in [1.165, 1.54) is 24.3 Å². The lowest BCUT2D eigenvalue weighted by Gasteiger charge is -2.30. The van der Waals surface area contributed by atoms with Gasteiger partial charge in [-0.05, 0) is 71.8 Å². The van der Waals surface area contributed by atoms with Gasteiger partial charge in [0.2, 0.25) is 11.8 Å². The van der Waals surface area contributed by atoms with E-state index in [4.69, 9.17) is 28.4 Å². The van der Waals surface area contributed by atoms with Crippen molar-refractivity contribution >= 4 is 11.4 Å². The summed E-state index contributed by atoms with van der Waals surface area (Å²) in [4.78, 5) is 28.2. The van der Waals surface area contributed by atoms with E-state index in [9.17, 15) is 30.4 Å². The summed E-state index contributed by atoms with van der Waals surface area (Å²) in [5.74, 6) is 3.94. The van der Waals surface area contributed by atoms with Gasteiger partial charge in [0.15, 0.2) is 0 Å². The Morgan fingerprint density at radius 2 is 1.02 bits per heavy atom. The van der Waals surface area contributed by atoms with Gasteiger partial charge in [0.25, 0.3) is 11.4 Å². The highest BCUT2D eigenvalue weighted by Gasteiger charge is 2.30. The van der Waals surface area contributed by atoms with E-state index < -0.39 is 22.1 Å². The lowest BCUT2D eigenvalue weighted by Crippen LogP contribution is -2.19. The van der Waals surface area contributed by atoms with E-state index >= 15 is 0 Å². The van der Waals surface area contributed by atoms with E-state index in [-0.39, 0.29) is 35.3 Å². The quantitative estimate of drug-likeness (QED) is 0.0983. The average molecular weight is 789 g/mol. The lowest BCUT2D eigenvalue weighted by atomic mass is 9.95. The fourth-order valence-electron chi connectivity index (χ4n) is 6.39. The number of benzene rings is 4. The Bertz CT molecular complexity index is 2240. The van der Waals surface area contributed by atoms with Crippen LogP contribution in [0.5, 0.6) is 46.3 Å². The number of nitro groups is 2. The van der Waals surface area contributed by atoms with Crippen molar-refractivity contribution in [1.29, 1.82) is 0 Å². The second kappa shape index (κ2) is 17.2. The third-order valence-electron chi connectivity index (χ3n) is 9.33. The minimum Gasteiger partial charge on any atom is -0.497 e. The standard InChI is InChI=1S/2C21H18N2O6/c2*1-27-15-4-2-3-13(9-15)20-11-18(24)17-10-16(6-7-19(17)29-20)28-21-8-5-14(12-22-21)23(25)26/h2*2-10,12,18,20,24H,11H2,1H3. The van der Waals surface area contributed by atoms with Crippen molar-refractivity contribution in [3.63, 3.8) is 0 Å². The second-order valence-corrected chi connectivity index (χ2v) is 13.1. The summed E-state index contributed by atoms with van der Waals surface area (Å²) in [5.41, 5.74) is 2.84. The summed E-state index contributed by atoms with van der Waals surface area (Å²) in [6.45, 7) is 0. The number of fused-ring (bicyclic) bond motifs is 2. The van der Waals surface area contributed by atoms with Gasteiger partial charge >= 0.3 is 0 Å². The monoisotopic (exact) mass is 788 g/mol. The van der Waals surface area contributed by atoms with Crippen LogP contribution in [0.3, 0.4) is 0 Å². The molecular formula is C42H36N4O12. The SMILES string of the molecule is COc1cccc(C2CC(O)c3cc(Oc4ccc([N+](=O)[O-])cn4)ccc3O2)c1.COc1cccc(C2CC(O)c3cc(Oc4ccc([N+](=O)[O-])cn4)ccc3O2)c1. The fourth-order valence-corrected chi connectivity index (χ4v) is 6.39. The number of aliphatic hydroxyl groups excluding tert-OH is 2. The number of hydrogen-bond donors (Lipinski definition) is 2. The minimum atomic E-state index is -0.733. The topological polar surface area (TPSA) is 208 Å². The highest BCUT2D eigenvalue weighted by Crippen LogP contribution is 2.44. The van der Waals surface area contributed by atoms with E-state index in [2.05, 4.69) is 9.97 Å². The number of nitrogens with zero attached hydrogens (tertiary/aromatic N) is 4. The van der Waals surface area contributed by atoms with Crippen molar-refractivity contribution in [1.82, 2.24) is 9.97 Å². The van der Waals surface area contributed by atoms with Gasteiger partial charge in [-0.25, -0.2) is 9.97 Å². The van der Waals surface area contributed by atoms with Crippen LogP contribution in [-0.2, 0) is 0 Å². The van der Waals surface area contributed by atoms with Crippen LogP contribution in [0.25, 0.3) is 0 Å². The molecule has 4 unspecified atom stereocenters. The zero-order valence-electron chi connectivity index (χ0n) is 31.0. The smallest absolute Gasteiger partial charge is 0.287 e. The molecule has 16 nitrogen and oxygen atoms in total. The van der Waals surface area contributed by atoms with Crippen LogP contribution in [-0.4, -0.2) is 44.2 Å². The Kier molecular flexibility index (Phi) is 11.6. The Morgan fingerprint density at radius 1 is 0.586 bits per heavy atom. The Labute approximate surface area is 331 Å². The van der Waals surface area contributed by atoms with Crippen molar-refractivity contribution in [2.24, 2.45) is 0 Å². The maximum absolute atomic E-state index is 10.7. The third-order valence-corrected chi connectivity index (χ3v) is 9.33. The number of rotatable bonds is 10. The molecule has 4 atom stereocenters. The fraction of sp³-hybridized carbons (Fsp3) is 0.190. The first-order valence-corrected chi connectivity index (χ1v) is 17.9. The number of pyridine rings is 2. The third kappa shape index (κ3) is 9.04. The molecule has 4 heterocycles. The molecule has 2 aromatic heterocycles. The molecule has 0 amide bonds. The van der Waals surface area contributed by atoms with E-state index in [0.717, 1.165) is 35.0 Å². The van der Waals surface area contributed by atoms with Crippen LogP contribution in [0.1, 0.15) is 59.5 Å².